The van der Waals surface area contributed by atoms with Crippen LogP contribution in [0.4, 0.5) is 0 Å². The number of fused-ring (bicyclic) bond motifs is 1. The van der Waals surface area contributed by atoms with Gasteiger partial charge in [0.2, 0.25) is 11.8 Å². The molecule has 0 spiro atoms. The van der Waals surface area contributed by atoms with E-state index in [0.29, 0.717) is 44.0 Å². The van der Waals surface area contributed by atoms with Gasteiger partial charge >= 0.3 is 0 Å². The van der Waals surface area contributed by atoms with Crippen molar-refractivity contribution in [2.75, 3.05) is 27.4 Å². The van der Waals surface area contributed by atoms with Crippen LogP contribution in [0.15, 0.2) is 42.5 Å². The second-order valence-corrected chi connectivity index (χ2v) is 8.08. The van der Waals surface area contributed by atoms with Crippen LogP contribution in [0.25, 0.3) is 6.08 Å². The Hall–Kier alpha value is -3.52. The number of unbranched alkanes of at least 4 members (excludes halogenated alkanes) is 2. The van der Waals surface area contributed by atoms with Crippen molar-refractivity contribution in [3.8, 4) is 17.2 Å². The van der Waals surface area contributed by atoms with Crippen LogP contribution in [0, 0.1) is 0 Å². The van der Waals surface area contributed by atoms with Crippen LogP contribution in [0.3, 0.4) is 0 Å². The second-order valence-electron chi connectivity index (χ2n) is 8.08. The van der Waals surface area contributed by atoms with Crippen molar-refractivity contribution in [1.29, 1.82) is 0 Å². The highest BCUT2D eigenvalue weighted by Crippen LogP contribution is 2.33. The van der Waals surface area contributed by atoms with Crippen molar-refractivity contribution in [3.63, 3.8) is 0 Å². The average Bonchev–Trinajstić information content (AvgIpc) is 2.88. The van der Waals surface area contributed by atoms with Gasteiger partial charge in [0.25, 0.3) is 0 Å². The maximum atomic E-state index is 12.7. The van der Waals surface area contributed by atoms with Gasteiger partial charge in [-0.3, -0.25) is 14.8 Å². The molecule has 8 nitrogen and oxygen atoms in total. The standard InChI is InChI=1S/C26H32N2O6/c1-32-23-16-20-13-14-28(18-21(20)17-24(23)33-2)26(30)12-9-19-7-10-22(11-8-19)34-15-5-3-4-6-25(29)27-31/h7-12,16-17,31H,3-6,13-15,18H2,1-2H3,(H,27,29). The molecule has 8 heteroatoms. The number of benzene rings is 2. The molecule has 0 radical (unpaired) electrons. The Kier molecular flexibility index (Phi) is 9.34. The minimum Gasteiger partial charge on any atom is -0.494 e. The smallest absolute Gasteiger partial charge is 0.246 e. The van der Waals surface area contributed by atoms with Crippen LogP contribution in [0.5, 0.6) is 17.2 Å². The molecular formula is C26H32N2O6. The van der Waals surface area contributed by atoms with E-state index in [1.807, 2.05) is 47.4 Å². The van der Waals surface area contributed by atoms with E-state index >= 15 is 0 Å². The fourth-order valence-corrected chi connectivity index (χ4v) is 3.83. The molecule has 2 aromatic rings. The molecule has 0 aliphatic carbocycles. The van der Waals surface area contributed by atoms with Gasteiger partial charge in [0, 0.05) is 25.6 Å². The lowest BCUT2D eigenvalue weighted by Gasteiger charge is -2.28. The molecule has 0 atom stereocenters. The number of hydrogen-bond acceptors (Lipinski definition) is 6. The molecule has 0 unspecified atom stereocenters. The van der Waals surface area contributed by atoms with Crippen molar-refractivity contribution < 1.29 is 29.0 Å². The number of hydroxylamine groups is 1. The van der Waals surface area contributed by atoms with E-state index in [4.69, 9.17) is 19.4 Å². The molecule has 0 saturated carbocycles. The maximum absolute atomic E-state index is 12.7. The molecule has 1 aliphatic rings. The van der Waals surface area contributed by atoms with Gasteiger partial charge in [0.05, 0.1) is 20.8 Å². The van der Waals surface area contributed by atoms with Crippen molar-refractivity contribution in [1.82, 2.24) is 10.4 Å². The lowest BCUT2D eigenvalue weighted by atomic mass is 9.98. The summed E-state index contributed by atoms with van der Waals surface area (Å²) < 4.78 is 16.5. The highest BCUT2D eigenvalue weighted by molar-refractivity contribution is 5.92. The monoisotopic (exact) mass is 468 g/mol. The number of carbonyl (C=O) groups excluding carboxylic acids is 2. The van der Waals surface area contributed by atoms with Gasteiger partial charge in [0.15, 0.2) is 11.5 Å². The molecule has 0 fully saturated rings. The van der Waals surface area contributed by atoms with Gasteiger partial charge in [-0.15, -0.1) is 0 Å². The molecule has 1 aliphatic heterocycles. The zero-order chi connectivity index (χ0) is 24.3. The first-order valence-electron chi connectivity index (χ1n) is 11.4. The highest BCUT2D eigenvalue weighted by atomic mass is 16.5. The van der Waals surface area contributed by atoms with Gasteiger partial charge in [-0.2, -0.15) is 0 Å². The Morgan fingerprint density at radius 1 is 1.03 bits per heavy atom. The normalized spacial score (nSPS) is 12.9. The number of ether oxygens (including phenoxy) is 3. The topological polar surface area (TPSA) is 97.3 Å². The fourth-order valence-electron chi connectivity index (χ4n) is 3.83. The SMILES string of the molecule is COc1cc2c(cc1OC)CN(C(=O)C=Cc1ccc(OCCCCCC(=O)NO)cc1)CC2. The summed E-state index contributed by atoms with van der Waals surface area (Å²) in [5.74, 6) is 1.74. The van der Waals surface area contributed by atoms with Crippen molar-refractivity contribution in [3.05, 3.63) is 59.2 Å². The lowest BCUT2D eigenvalue weighted by molar-refractivity contribution is -0.129. The van der Waals surface area contributed by atoms with Crippen LogP contribution < -0.4 is 19.7 Å². The van der Waals surface area contributed by atoms with Crippen molar-refractivity contribution in [2.24, 2.45) is 0 Å². The Morgan fingerprint density at radius 3 is 2.41 bits per heavy atom. The van der Waals surface area contributed by atoms with Gasteiger partial charge in [-0.05, 0) is 72.7 Å². The Balaban J connectivity index is 1.46. The number of nitrogens with one attached hydrogen (secondary N) is 1. The molecule has 34 heavy (non-hydrogen) atoms. The summed E-state index contributed by atoms with van der Waals surface area (Å²) in [5, 5.41) is 8.45. The van der Waals surface area contributed by atoms with E-state index in [2.05, 4.69) is 0 Å². The number of methoxy groups -OCH3 is 2. The van der Waals surface area contributed by atoms with E-state index in [0.717, 1.165) is 36.1 Å². The molecule has 2 amide bonds. The predicted octanol–water partition coefficient (Wildman–Crippen LogP) is 3.75. The molecule has 2 aromatic carbocycles. The highest BCUT2D eigenvalue weighted by Gasteiger charge is 2.21. The van der Waals surface area contributed by atoms with Crippen molar-refractivity contribution >= 4 is 17.9 Å². The third-order valence-electron chi connectivity index (χ3n) is 5.77. The van der Waals surface area contributed by atoms with E-state index in [-0.39, 0.29) is 11.8 Å². The minimum atomic E-state index is -0.367. The molecule has 0 bridgehead atoms. The van der Waals surface area contributed by atoms with Gasteiger partial charge < -0.3 is 19.1 Å². The summed E-state index contributed by atoms with van der Waals surface area (Å²) in [4.78, 5) is 25.5. The molecule has 2 N–H and O–H groups in total. The minimum absolute atomic E-state index is 0.0318. The maximum Gasteiger partial charge on any atom is 0.246 e. The van der Waals surface area contributed by atoms with Crippen LogP contribution in [-0.4, -0.2) is 49.3 Å². The Labute approximate surface area is 200 Å². The lowest BCUT2D eigenvalue weighted by Crippen LogP contribution is -2.34. The van der Waals surface area contributed by atoms with Crippen LogP contribution >= 0.6 is 0 Å². The van der Waals surface area contributed by atoms with E-state index in [9.17, 15) is 9.59 Å². The van der Waals surface area contributed by atoms with Crippen LogP contribution in [-0.2, 0) is 22.6 Å². The van der Waals surface area contributed by atoms with Crippen molar-refractivity contribution in [2.45, 2.75) is 38.6 Å². The molecule has 1 heterocycles. The summed E-state index contributed by atoms with van der Waals surface area (Å²) in [5.41, 5.74) is 4.79. The number of nitrogens with zero attached hydrogens (tertiary/aromatic N) is 1. The summed E-state index contributed by atoms with van der Waals surface area (Å²) in [6.45, 7) is 1.75. The van der Waals surface area contributed by atoms with Gasteiger partial charge in [-0.1, -0.05) is 12.1 Å². The summed E-state index contributed by atoms with van der Waals surface area (Å²) in [6, 6.07) is 11.5. The predicted molar refractivity (Wildman–Crippen MR) is 128 cm³/mol. The molecular weight excluding hydrogens is 436 g/mol. The quantitative estimate of drug-likeness (QED) is 0.226. The zero-order valence-electron chi connectivity index (χ0n) is 19.7. The Bertz CT molecular complexity index is 1000. The summed E-state index contributed by atoms with van der Waals surface area (Å²) in [6.07, 6.45) is 6.87. The van der Waals surface area contributed by atoms with E-state index in [1.54, 1.807) is 25.8 Å². The fraction of sp³-hybridized carbons (Fsp3) is 0.385. The first kappa shape index (κ1) is 25.1. The number of carbonyl (C=O) groups is 2. The van der Waals surface area contributed by atoms with E-state index in [1.165, 1.54) is 5.56 Å². The number of rotatable bonds is 11. The number of hydrogen-bond donors (Lipinski definition) is 2. The molecule has 0 aromatic heterocycles. The Morgan fingerprint density at radius 2 is 1.74 bits per heavy atom. The van der Waals surface area contributed by atoms with Gasteiger partial charge in [-0.25, -0.2) is 5.48 Å². The summed E-state index contributed by atoms with van der Waals surface area (Å²) in [7, 11) is 3.23. The van der Waals surface area contributed by atoms with Crippen LogP contribution in [0.2, 0.25) is 0 Å². The largest absolute Gasteiger partial charge is 0.494 e. The molecule has 182 valence electrons. The molecule has 3 rings (SSSR count). The zero-order valence-corrected chi connectivity index (χ0v) is 19.7. The third-order valence-corrected chi connectivity index (χ3v) is 5.77. The third kappa shape index (κ3) is 6.99. The first-order valence-corrected chi connectivity index (χ1v) is 11.4. The average molecular weight is 469 g/mol. The summed E-state index contributed by atoms with van der Waals surface area (Å²) >= 11 is 0. The number of amides is 2. The second kappa shape index (κ2) is 12.6. The molecule has 0 saturated heterocycles. The van der Waals surface area contributed by atoms with Crippen LogP contribution in [0.1, 0.15) is 42.4 Å². The van der Waals surface area contributed by atoms with Gasteiger partial charge in [0.1, 0.15) is 5.75 Å². The van der Waals surface area contributed by atoms with E-state index < -0.39 is 0 Å². The first-order chi connectivity index (χ1) is 16.5.